The number of rotatable bonds is 4. The van der Waals surface area contributed by atoms with Crippen molar-refractivity contribution in [3.63, 3.8) is 0 Å². The summed E-state index contributed by atoms with van der Waals surface area (Å²) in [5, 5.41) is 0. The van der Waals surface area contributed by atoms with Crippen molar-refractivity contribution in [2.75, 3.05) is 0 Å². The highest BCUT2D eigenvalue weighted by Gasteiger charge is 2.71. The van der Waals surface area contributed by atoms with Crippen molar-refractivity contribution in [2.45, 2.75) is 86.2 Å². The molecule has 2 unspecified atom stereocenters. The van der Waals surface area contributed by atoms with Gasteiger partial charge in [-0.25, -0.2) is 8.78 Å². The first-order valence-corrected chi connectivity index (χ1v) is 13.0. The van der Waals surface area contributed by atoms with E-state index in [2.05, 4.69) is 31.9 Å². The van der Waals surface area contributed by atoms with Gasteiger partial charge in [0.15, 0.2) is 0 Å². The van der Waals surface area contributed by atoms with Crippen LogP contribution < -0.4 is 0 Å². The van der Waals surface area contributed by atoms with Crippen LogP contribution in [0.25, 0.3) is 0 Å². The number of hydrogen-bond acceptors (Lipinski definition) is 1. The third-order valence-electron chi connectivity index (χ3n) is 9.98. The van der Waals surface area contributed by atoms with Gasteiger partial charge in [-0.05, 0) is 144 Å². The molecule has 0 saturated heterocycles. The SMILES string of the molecule is O=C(C(F)(Br)C12CC3CC(CC(C3)C1)C2)C(F)(Br)C12CC3CC(CC(C3)C1)C2. The van der Waals surface area contributed by atoms with E-state index in [1.807, 2.05) is 0 Å². The van der Waals surface area contributed by atoms with Crippen LogP contribution in [0, 0.1) is 46.3 Å². The maximum atomic E-state index is 16.5. The lowest BCUT2D eigenvalue weighted by atomic mass is 9.46. The number of halogens is 4. The standard InChI is InChI=1S/C23H30Br2F2O/c24-22(26,20-7-13-1-14(8-20)3-15(2-13)9-20)19(28)23(25,27)21-10-16-4-17(11-21)6-18(5-16)12-21/h13-18H,1-12H2. The van der Waals surface area contributed by atoms with Crippen molar-refractivity contribution in [3.05, 3.63) is 0 Å². The first-order chi connectivity index (χ1) is 13.1. The van der Waals surface area contributed by atoms with E-state index < -0.39 is 25.8 Å². The minimum atomic E-state index is -2.25. The lowest BCUT2D eigenvalue weighted by Gasteiger charge is -2.62. The molecule has 0 aliphatic heterocycles. The van der Waals surface area contributed by atoms with Crippen LogP contribution in [0.4, 0.5) is 8.78 Å². The molecule has 0 aromatic heterocycles. The summed E-state index contributed by atoms with van der Waals surface area (Å²) in [4.78, 5) is 13.7. The lowest BCUT2D eigenvalue weighted by molar-refractivity contribution is -0.168. The first-order valence-electron chi connectivity index (χ1n) is 11.4. The van der Waals surface area contributed by atoms with E-state index in [4.69, 9.17) is 0 Å². The summed E-state index contributed by atoms with van der Waals surface area (Å²) in [5.41, 5.74) is -1.40. The van der Waals surface area contributed by atoms with E-state index in [0.29, 0.717) is 35.5 Å². The van der Waals surface area contributed by atoms with E-state index in [1.165, 1.54) is 38.5 Å². The maximum absolute atomic E-state index is 16.5. The Morgan fingerprint density at radius 1 is 0.607 bits per heavy atom. The van der Waals surface area contributed by atoms with E-state index in [9.17, 15) is 4.79 Å². The van der Waals surface area contributed by atoms with Gasteiger partial charge in [-0.1, -0.05) is 0 Å². The third-order valence-corrected chi connectivity index (χ3v) is 12.4. The molecule has 0 spiro atoms. The molecule has 8 fully saturated rings. The molecule has 8 aliphatic carbocycles. The monoisotopic (exact) mass is 518 g/mol. The second kappa shape index (κ2) is 5.84. The Morgan fingerprint density at radius 3 is 1.04 bits per heavy atom. The predicted molar refractivity (Wildman–Crippen MR) is 112 cm³/mol. The molecule has 8 aliphatic rings. The molecule has 28 heavy (non-hydrogen) atoms. The fourth-order valence-corrected chi connectivity index (χ4v) is 11.5. The molecule has 1 nitrogen and oxygen atoms in total. The normalized spacial score (nSPS) is 55.1. The topological polar surface area (TPSA) is 17.1 Å². The van der Waals surface area contributed by atoms with Gasteiger partial charge in [-0.3, -0.25) is 4.79 Å². The fourth-order valence-electron chi connectivity index (χ4n) is 9.67. The number of carbonyl (C=O) groups is 1. The zero-order chi connectivity index (χ0) is 19.5. The maximum Gasteiger partial charge on any atom is 0.232 e. The second-order valence-corrected chi connectivity index (χ2v) is 14.1. The fraction of sp³-hybridized carbons (Fsp3) is 0.957. The zero-order valence-electron chi connectivity index (χ0n) is 16.4. The smallest absolute Gasteiger partial charge is 0.232 e. The van der Waals surface area contributed by atoms with Crippen LogP contribution in [-0.4, -0.2) is 14.9 Å². The molecular formula is C23H30Br2F2O. The summed E-state index contributed by atoms with van der Waals surface area (Å²) in [7, 11) is 0. The highest BCUT2D eigenvalue weighted by molar-refractivity contribution is 9.11. The van der Waals surface area contributed by atoms with E-state index in [1.54, 1.807) is 0 Å². The Hall–Kier alpha value is 0.490. The van der Waals surface area contributed by atoms with Crippen LogP contribution in [-0.2, 0) is 4.79 Å². The van der Waals surface area contributed by atoms with E-state index >= 15 is 8.78 Å². The molecule has 8 rings (SSSR count). The van der Waals surface area contributed by atoms with Crippen molar-refractivity contribution < 1.29 is 13.6 Å². The van der Waals surface area contributed by atoms with Crippen molar-refractivity contribution in [3.8, 4) is 0 Å². The van der Waals surface area contributed by atoms with Crippen molar-refractivity contribution in [1.29, 1.82) is 0 Å². The quantitative estimate of drug-likeness (QED) is 0.361. The van der Waals surface area contributed by atoms with Crippen LogP contribution >= 0.6 is 31.9 Å². The minimum absolute atomic E-state index is 0.524. The Kier molecular flexibility index (Phi) is 4.00. The van der Waals surface area contributed by atoms with Gasteiger partial charge in [-0.2, -0.15) is 0 Å². The van der Waals surface area contributed by atoms with Gasteiger partial charge in [0.1, 0.15) is 0 Å². The molecule has 156 valence electrons. The summed E-state index contributed by atoms with van der Waals surface area (Å²) in [6.45, 7) is 0. The minimum Gasteiger partial charge on any atom is -0.290 e. The molecule has 0 aromatic rings. The van der Waals surface area contributed by atoms with Crippen molar-refractivity contribution >= 4 is 37.6 Å². The third kappa shape index (κ3) is 2.41. The highest BCUT2D eigenvalue weighted by atomic mass is 79.9. The Balaban J connectivity index is 1.34. The number of carbonyl (C=O) groups excluding carboxylic acids is 1. The van der Waals surface area contributed by atoms with Gasteiger partial charge in [0.25, 0.3) is 0 Å². The molecule has 0 radical (unpaired) electrons. The van der Waals surface area contributed by atoms with Crippen LogP contribution in [0.5, 0.6) is 0 Å². The number of Topliss-reactive ketones (excluding diaryl/α,β-unsaturated/α-hetero) is 1. The van der Waals surface area contributed by atoms with Crippen molar-refractivity contribution in [2.24, 2.45) is 46.3 Å². The molecule has 0 amide bonds. The Labute approximate surface area is 183 Å². The Bertz CT molecular complexity index is 587. The molecule has 0 heterocycles. The molecular weight excluding hydrogens is 490 g/mol. The predicted octanol–water partition coefficient (Wildman–Crippen LogP) is 7.11. The average Bonchev–Trinajstić information content (AvgIpc) is 2.58. The number of hydrogen-bond donors (Lipinski definition) is 0. The Morgan fingerprint density at radius 2 is 0.821 bits per heavy atom. The first kappa shape index (κ1) is 19.2. The molecule has 8 saturated carbocycles. The molecule has 8 bridgehead atoms. The summed E-state index contributed by atoms with van der Waals surface area (Å²) < 4.78 is 28.5. The van der Waals surface area contributed by atoms with Crippen molar-refractivity contribution in [1.82, 2.24) is 0 Å². The van der Waals surface area contributed by atoms with Gasteiger partial charge in [-0.15, -0.1) is 0 Å². The van der Waals surface area contributed by atoms with Gasteiger partial charge in [0.2, 0.25) is 14.9 Å². The van der Waals surface area contributed by atoms with Gasteiger partial charge in [0.05, 0.1) is 0 Å². The van der Waals surface area contributed by atoms with E-state index in [-0.39, 0.29) is 0 Å². The van der Waals surface area contributed by atoms with Gasteiger partial charge >= 0.3 is 0 Å². The van der Waals surface area contributed by atoms with Crippen LogP contribution in [0.1, 0.15) is 77.0 Å². The van der Waals surface area contributed by atoms with E-state index in [0.717, 1.165) is 38.5 Å². The number of alkyl halides is 4. The summed E-state index contributed by atoms with van der Waals surface area (Å²) in [5.74, 6) is 2.30. The molecule has 0 N–H and O–H groups in total. The molecule has 5 heteroatoms. The van der Waals surface area contributed by atoms with Crippen LogP contribution in [0.2, 0.25) is 0 Å². The average molecular weight is 520 g/mol. The summed E-state index contributed by atoms with van der Waals surface area (Å²) in [6, 6.07) is 0. The van der Waals surface area contributed by atoms with Crippen LogP contribution in [0.15, 0.2) is 0 Å². The molecule has 0 aromatic carbocycles. The van der Waals surface area contributed by atoms with Crippen LogP contribution in [0.3, 0.4) is 0 Å². The second-order valence-electron chi connectivity index (χ2n) is 11.9. The lowest BCUT2D eigenvalue weighted by Crippen LogP contribution is -2.64. The number of ketones is 1. The van der Waals surface area contributed by atoms with Gasteiger partial charge in [0, 0.05) is 10.8 Å². The largest absolute Gasteiger partial charge is 0.290 e. The summed E-state index contributed by atoms with van der Waals surface area (Å²) in [6.07, 6.45) is 11.6. The van der Waals surface area contributed by atoms with Gasteiger partial charge < -0.3 is 0 Å². The summed E-state index contributed by atoms with van der Waals surface area (Å²) >= 11 is 6.53. The highest BCUT2D eigenvalue weighted by Crippen LogP contribution is 2.70. The zero-order valence-corrected chi connectivity index (χ0v) is 19.5. The molecule has 2 atom stereocenters.